The number of ether oxygens (including phenoxy) is 1. The number of nitrogens with zero attached hydrogens (tertiary/aromatic N) is 3. The van der Waals surface area contributed by atoms with E-state index in [4.69, 9.17) is 26.0 Å². The second-order valence-electron chi connectivity index (χ2n) is 5.32. The lowest BCUT2D eigenvalue weighted by molar-refractivity contribution is -0.122. The van der Waals surface area contributed by atoms with Crippen molar-refractivity contribution in [2.75, 3.05) is 5.32 Å². The molecule has 1 aromatic heterocycles. The average Bonchev–Trinajstić information content (AvgIpc) is 3.17. The number of carbonyl (C=O) groups is 1. The molecular weight excluding hydrogens is 356 g/mol. The van der Waals surface area contributed by atoms with E-state index < -0.39 is 6.10 Å². The maximum absolute atomic E-state index is 12.3. The van der Waals surface area contributed by atoms with Gasteiger partial charge in [0, 0.05) is 11.3 Å². The number of anilines is 1. The van der Waals surface area contributed by atoms with E-state index in [1.54, 1.807) is 43.3 Å². The molecule has 0 unspecified atom stereocenters. The number of carbonyl (C=O) groups excluding carboxylic acids is 1. The fourth-order valence-corrected chi connectivity index (χ4v) is 2.38. The van der Waals surface area contributed by atoms with Crippen molar-refractivity contribution in [3.63, 3.8) is 0 Å². The Balaban J connectivity index is 1.62. The van der Waals surface area contributed by atoms with Gasteiger partial charge in [-0.1, -0.05) is 11.6 Å². The van der Waals surface area contributed by atoms with Crippen molar-refractivity contribution in [3.05, 3.63) is 59.4 Å². The number of hydrogen-bond donors (Lipinski definition) is 1. The van der Waals surface area contributed by atoms with Crippen LogP contribution < -0.4 is 10.1 Å². The van der Waals surface area contributed by atoms with E-state index in [0.29, 0.717) is 22.9 Å². The van der Waals surface area contributed by atoms with Crippen LogP contribution in [0.4, 0.5) is 5.69 Å². The van der Waals surface area contributed by atoms with E-state index in [-0.39, 0.29) is 10.9 Å². The van der Waals surface area contributed by atoms with Gasteiger partial charge < -0.3 is 14.5 Å². The molecule has 1 atom stereocenters. The highest BCUT2D eigenvalue weighted by Crippen LogP contribution is 2.22. The third-order valence-corrected chi connectivity index (χ3v) is 3.81. The molecule has 0 saturated heterocycles. The second kappa shape index (κ2) is 7.68. The average molecular weight is 369 g/mol. The third kappa shape index (κ3) is 3.99. The topological polar surface area (TPSA) is 101 Å². The van der Waals surface area contributed by atoms with Gasteiger partial charge >= 0.3 is 0 Å². The standard InChI is InChI=1S/C18H13ClN4O3/c1-11(17(24)22-14-5-2-13(9-20)16(19)8-14)26-15-6-3-12(4-7-15)18-23-21-10-25-18/h2-8,10-11H,1H3,(H,22,24)/t11-/m1/s1. The fourth-order valence-electron chi connectivity index (χ4n) is 2.16. The van der Waals surface area contributed by atoms with Crippen LogP contribution >= 0.6 is 11.6 Å². The van der Waals surface area contributed by atoms with Crippen LogP contribution in [0.5, 0.6) is 5.75 Å². The van der Waals surface area contributed by atoms with Crippen LogP contribution in [0.3, 0.4) is 0 Å². The smallest absolute Gasteiger partial charge is 0.265 e. The number of amides is 1. The Bertz CT molecular complexity index is 950. The zero-order valence-corrected chi connectivity index (χ0v) is 14.4. The van der Waals surface area contributed by atoms with E-state index in [9.17, 15) is 4.79 Å². The summed E-state index contributed by atoms with van der Waals surface area (Å²) in [6.07, 6.45) is 0.514. The quantitative estimate of drug-likeness (QED) is 0.737. The first kappa shape index (κ1) is 17.5. The Morgan fingerprint density at radius 2 is 2.08 bits per heavy atom. The van der Waals surface area contributed by atoms with Crippen molar-refractivity contribution in [3.8, 4) is 23.3 Å². The first-order valence-electron chi connectivity index (χ1n) is 7.60. The van der Waals surface area contributed by atoms with E-state index in [0.717, 1.165) is 5.56 Å². The van der Waals surface area contributed by atoms with Gasteiger partial charge in [-0.3, -0.25) is 4.79 Å². The molecule has 0 aliphatic heterocycles. The Morgan fingerprint density at radius 1 is 1.31 bits per heavy atom. The van der Waals surface area contributed by atoms with E-state index in [1.165, 1.54) is 12.5 Å². The monoisotopic (exact) mass is 368 g/mol. The summed E-state index contributed by atoms with van der Waals surface area (Å²) in [4.78, 5) is 12.3. The largest absolute Gasteiger partial charge is 0.481 e. The molecule has 0 aliphatic carbocycles. The lowest BCUT2D eigenvalue weighted by Crippen LogP contribution is -2.30. The zero-order valence-electron chi connectivity index (χ0n) is 13.6. The summed E-state index contributed by atoms with van der Waals surface area (Å²) in [6, 6.07) is 13.6. The molecule has 1 N–H and O–H groups in total. The Hall–Kier alpha value is -3.37. The van der Waals surface area contributed by atoms with Gasteiger partial charge in [-0.25, -0.2) is 0 Å². The number of hydrogen-bond acceptors (Lipinski definition) is 6. The van der Waals surface area contributed by atoms with Crippen molar-refractivity contribution in [2.45, 2.75) is 13.0 Å². The molecule has 2 aromatic carbocycles. The molecule has 130 valence electrons. The van der Waals surface area contributed by atoms with Gasteiger partial charge in [-0.2, -0.15) is 5.26 Å². The van der Waals surface area contributed by atoms with Crippen molar-refractivity contribution in [1.29, 1.82) is 5.26 Å². The highest BCUT2D eigenvalue weighted by Gasteiger charge is 2.16. The molecule has 0 spiro atoms. The minimum absolute atomic E-state index is 0.274. The predicted octanol–water partition coefficient (Wildman–Crippen LogP) is 3.67. The van der Waals surface area contributed by atoms with Crippen LogP contribution in [0.1, 0.15) is 12.5 Å². The van der Waals surface area contributed by atoms with Crippen molar-refractivity contribution in [1.82, 2.24) is 10.2 Å². The molecule has 1 heterocycles. The second-order valence-corrected chi connectivity index (χ2v) is 5.73. The summed E-state index contributed by atoms with van der Waals surface area (Å²) >= 11 is 5.96. The Kier molecular flexibility index (Phi) is 5.15. The van der Waals surface area contributed by atoms with Crippen LogP contribution in [0.15, 0.2) is 53.3 Å². The summed E-state index contributed by atoms with van der Waals surface area (Å²) in [5.41, 5.74) is 1.58. The lowest BCUT2D eigenvalue weighted by atomic mass is 10.2. The molecule has 0 saturated carbocycles. The number of aromatic nitrogens is 2. The summed E-state index contributed by atoms with van der Waals surface area (Å²) in [5, 5.41) is 19.3. The Labute approximate surface area is 154 Å². The van der Waals surface area contributed by atoms with E-state index in [2.05, 4.69) is 15.5 Å². The molecule has 7 nitrogen and oxygen atoms in total. The van der Waals surface area contributed by atoms with Crippen LogP contribution in [-0.4, -0.2) is 22.2 Å². The summed E-state index contributed by atoms with van der Waals surface area (Å²) in [6.45, 7) is 1.63. The van der Waals surface area contributed by atoms with Crippen LogP contribution in [0.2, 0.25) is 5.02 Å². The predicted molar refractivity (Wildman–Crippen MR) is 94.6 cm³/mol. The summed E-state index contributed by atoms with van der Waals surface area (Å²) in [5.74, 6) is 0.584. The minimum atomic E-state index is -0.737. The highest BCUT2D eigenvalue weighted by atomic mass is 35.5. The first-order chi connectivity index (χ1) is 12.6. The van der Waals surface area contributed by atoms with Crippen LogP contribution in [0, 0.1) is 11.3 Å². The molecule has 3 rings (SSSR count). The van der Waals surface area contributed by atoms with Crippen LogP contribution in [0.25, 0.3) is 11.5 Å². The van der Waals surface area contributed by atoms with Gasteiger partial charge in [0.2, 0.25) is 12.3 Å². The molecular formula is C18H13ClN4O3. The van der Waals surface area contributed by atoms with E-state index in [1.807, 2.05) is 6.07 Å². The lowest BCUT2D eigenvalue weighted by Gasteiger charge is -2.15. The van der Waals surface area contributed by atoms with Gasteiger partial charge in [0.05, 0.1) is 10.6 Å². The van der Waals surface area contributed by atoms with Gasteiger partial charge in [0.15, 0.2) is 6.10 Å². The number of benzene rings is 2. The highest BCUT2D eigenvalue weighted by molar-refractivity contribution is 6.32. The van der Waals surface area contributed by atoms with Crippen molar-refractivity contribution < 1.29 is 13.9 Å². The molecule has 26 heavy (non-hydrogen) atoms. The Morgan fingerprint density at radius 3 is 2.69 bits per heavy atom. The molecule has 0 fully saturated rings. The fraction of sp³-hybridized carbons (Fsp3) is 0.111. The number of rotatable bonds is 5. The summed E-state index contributed by atoms with van der Waals surface area (Å²) < 4.78 is 10.7. The number of nitriles is 1. The van der Waals surface area contributed by atoms with Crippen molar-refractivity contribution in [2.24, 2.45) is 0 Å². The third-order valence-electron chi connectivity index (χ3n) is 3.50. The van der Waals surface area contributed by atoms with Crippen LogP contribution in [-0.2, 0) is 4.79 Å². The number of nitrogens with one attached hydrogen (secondary N) is 1. The molecule has 0 radical (unpaired) electrons. The SMILES string of the molecule is C[C@@H](Oc1ccc(-c2nnco2)cc1)C(=O)Nc1ccc(C#N)c(Cl)c1. The molecule has 8 heteroatoms. The van der Waals surface area contributed by atoms with Gasteiger partial charge in [-0.15, -0.1) is 10.2 Å². The van der Waals surface area contributed by atoms with E-state index >= 15 is 0 Å². The maximum Gasteiger partial charge on any atom is 0.265 e. The molecule has 3 aromatic rings. The molecule has 0 bridgehead atoms. The normalized spacial score (nSPS) is 11.4. The zero-order chi connectivity index (χ0) is 18.5. The van der Waals surface area contributed by atoms with Gasteiger partial charge in [0.25, 0.3) is 5.91 Å². The first-order valence-corrected chi connectivity index (χ1v) is 7.98. The van der Waals surface area contributed by atoms with Gasteiger partial charge in [-0.05, 0) is 49.4 Å². The maximum atomic E-state index is 12.3. The number of halogens is 1. The molecule has 0 aliphatic rings. The molecule has 1 amide bonds. The van der Waals surface area contributed by atoms with Gasteiger partial charge in [0.1, 0.15) is 11.8 Å². The minimum Gasteiger partial charge on any atom is -0.481 e. The summed E-state index contributed by atoms with van der Waals surface area (Å²) in [7, 11) is 0. The van der Waals surface area contributed by atoms with Crippen molar-refractivity contribution >= 4 is 23.2 Å².